The van der Waals surface area contributed by atoms with Crippen LogP contribution < -0.4 is 0 Å². The van der Waals surface area contributed by atoms with Gasteiger partial charge in [0.15, 0.2) is 5.92 Å². The lowest BCUT2D eigenvalue weighted by atomic mass is 9.50. The van der Waals surface area contributed by atoms with Gasteiger partial charge >= 0.3 is 17.9 Å². The molecule has 1 aliphatic heterocycles. The molecule has 0 spiro atoms. The molecule has 4 bridgehead atoms. The number of carbonyl (C=O) groups excluding carboxylic acids is 3. The maximum atomic E-state index is 12.3. The highest BCUT2D eigenvalue weighted by molar-refractivity contribution is 5.94. The van der Waals surface area contributed by atoms with Crippen molar-refractivity contribution in [1.82, 2.24) is 0 Å². The van der Waals surface area contributed by atoms with E-state index in [9.17, 15) is 14.4 Å². The summed E-state index contributed by atoms with van der Waals surface area (Å²) in [6, 6.07) is 0. The maximum Gasteiger partial charge on any atom is 0.320 e. The summed E-state index contributed by atoms with van der Waals surface area (Å²) in [5, 5.41) is 0. The molecule has 2 unspecified atom stereocenters. The third-order valence-electron chi connectivity index (χ3n) is 6.79. The van der Waals surface area contributed by atoms with Gasteiger partial charge in [-0.15, -0.1) is 0 Å². The summed E-state index contributed by atoms with van der Waals surface area (Å²) in [6.07, 6.45) is 7.82. The Bertz CT molecular complexity index is 562. The molecule has 144 valence electrons. The zero-order valence-corrected chi connectivity index (χ0v) is 15.4. The molecule has 0 radical (unpaired) electrons. The van der Waals surface area contributed by atoms with Gasteiger partial charge in [0.05, 0.1) is 26.2 Å². The van der Waals surface area contributed by atoms with E-state index in [-0.39, 0.29) is 36.9 Å². The van der Waals surface area contributed by atoms with E-state index >= 15 is 0 Å². The number of cyclic esters (lactones) is 1. The van der Waals surface area contributed by atoms with Gasteiger partial charge in [-0.2, -0.15) is 0 Å². The zero-order chi connectivity index (χ0) is 18.3. The van der Waals surface area contributed by atoms with Crippen molar-refractivity contribution in [2.24, 2.45) is 35.0 Å². The lowest BCUT2D eigenvalue weighted by Crippen LogP contribution is -2.48. The van der Waals surface area contributed by atoms with E-state index in [1.807, 2.05) is 0 Å². The molecule has 5 fully saturated rings. The average Bonchev–Trinajstić information content (AvgIpc) is 3.01. The van der Waals surface area contributed by atoms with Gasteiger partial charge in [0.1, 0.15) is 0 Å². The summed E-state index contributed by atoms with van der Waals surface area (Å²) in [6.45, 7) is 2.35. The molecule has 0 aromatic rings. The van der Waals surface area contributed by atoms with Crippen LogP contribution in [-0.4, -0.2) is 37.7 Å². The number of ether oxygens (including phenoxy) is 3. The number of hydrogen-bond donors (Lipinski definition) is 0. The van der Waals surface area contributed by atoms with Gasteiger partial charge in [0, 0.05) is 11.3 Å². The number of carbonyl (C=O) groups is 3. The molecular weight excluding hydrogens is 336 g/mol. The SMILES string of the molecule is CC(C(=O)OCC1COC(=O)C1)C(=O)OCC12CC3CC(CC(C3)C1)C2. The van der Waals surface area contributed by atoms with E-state index in [1.165, 1.54) is 45.4 Å². The van der Waals surface area contributed by atoms with Gasteiger partial charge in [-0.3, -0.25) is 14.4 Å². The van der Waals surface area contributed by atoms with E-state index in [0.29, 0.717) is 6.61 Å². The van der Waals surface area contributed by atoms with Crippen LogP contribution in [0.5, 0.6) is 0 Å². The lowest BCUT2D eigenvalue weighted by Gasteiger charge is -2.56. The first-order valence-electron chi connectivity index (χ1n) is 9.91. The molecule has 5 rings (SSSR count). The molecule has 1 heterocycles. The quantitative estimate of drug-likeness (QED) is 0.409. The third kappa shape index (κ3) is 3.60. The molecule has 26 heavy (non-hydrogen) atoms. The summed E-state index contributed by atoms with van der Waals surface area (Å²) in [5.41, 5.74) is 0.148. The number of rotatable bonds is 6. The Morgan fingerprint density at radius 1 is 1.08 bits per heavy atom. The second kappa shape index (κ2) is 6.86. The third-order valence-corrected chi connectivity index (χ3v) is 6.79. The summed E-state index contributed by atoms with van der Waals surface area (Å²) in [5.74, 6) is 0.0260. The van der Waals surface area contributed by atoms with Crippen LogP contribution in [0.3, 0.4) is 0 Å². The highest BCUT2D eigenvalue weighted by Gasteiger charge is 2.51. The van der Waals surface area contributed by atoms with Crippen molar-refractivity contribution in [2.75, 3.05) is 19.8 Å². The minimum absolute atomic E-state index is 0.108. The highest BCUT2D eigenvalue weighted by atomic mass is 16.6. The fourth-order valence-corrected chi connectivity index (χ4v) is 5.91. The van der Waals surface area contributed by atoms with E-state index in [0.717, 1.165) is 17.8 Å². The van der Waals surface area contributed by atoms with Gasteiger partial charge in [-0.1, -0.05) is 0 Å². The molecule has 0 N–H and O–H groups in total. The number of esters is 3. The maximum absolute atomic E-state index is 12.3. The van der Waals surface area contributed by atoms with E-state index < -0.39 is 17.9 Å². The van der Waals surface area contributed by atoms with Crippen LogP contribution in [0.15, 0.2) is 0 Å². The van der Waals surface area contributed by atoms with Crippen LogP contribution in [-0.2, 0) is 28.6 Å². The van der Waals surface area contributed by atoms with E-state index in [2.05, 4.69) is 0 Å². The van der Waals surface area contributed by atoms with Gasteiger partial charge in [0.2, 0.25) is 0 Å². The summed E-state index contributed by atoms with van der Waals surface area (Å²) < 4.78 is 15.6. The summed E-state index contributed by atoms with van der Waals surface area (Å²) in [4.78, 5) is 35.5. The van der Waals surface area contributed by atoms with Crippen molar-refractivity contribution in [2.45, 2.75) is 51.9 Å². The smallest absolute Gasteiger partial charge is 0.320 e. The Hall–Kier alpha value is -1.59. The second-order valence-electron chi connectivity index (χ2n) is 9.13. The van der Waals surface area contributed by atoms with Crippen molar-refractivity contribution < 1.29 is 28.6 Å². The van der Waals surface area contributed by atoms with Crippen molar-refractivity contribution in [3.8, 4) is 0 Å². The minimum Gasteiger partial charge on any atom is -0.465 e. The van der Waals surface area contributed by atoms with E-state index in [4.69, 9.17) is 14.2 Å². The molecule has 5 aliphatic rings. The molecule has 6 heteroatoms. The van der Waals surface area contributed by atoms with Crippen LogP contribution >= 0.6 is 0 Å². The Labute approximate surface area is 153 Å². The molecular formula is C20H28O6. The van der Waals surface area contributed by atoms with Crippen LogP contribution in [0.2, 0.25) is 0 Å². The van der Waals surface area contributed by atoms with Gasteiger partial charge in [-0.25, -0.2) is 0 Å². The second-order valence-corrected chi connectivity index (χ2v) is 9.13. The molecule has 6 nitrogen and oxygen atoms in total. The molecule has 2 atom stereocenters. The van der Waals surface area contributed by atoms with E-state index in [1.54, 1.807) is 0 Å². The topological polar surface area (TPSA) is 78.9 Å². The first-order chi connectivity index (χ1) is 12.4. The van der Waals surface area contributed by atoms with Crippen LogP contribution in [0, 0.1) is 35.0 Å². The Morgan fingerprint density at radius 2 is 1.65 bits per heavy atom. The predicted octanol–water partition coefficient (Wildman–Crippen LogP) is 2.49. The van der Waals surface area contributed by atoms with Crippen LogP contribution in [0.25, 0.3) is 0 Å². The lowest BCUT2D eigenvalue weighted by molar-refractivity contribution is -0.168. The van der Waals surface area contributed by atoms with Gasteiger partial charge < -0.3 is 14.2 Å². The van der Waals surface area contributed by atoms with Gasteiger partial charge in [-0.05, 0) is 63.2 Å². The van der Waals surface area contributed by atoms with Crippen LogP contribution in [0.1, 0.15) is 51.9 Å². The van der Waals surface area contributed by atoms with Gasteiger partial charge in [0.25, 0.3) is 0 Å². The molecule has 0 aromatic carbocycles. The molecule has 4 aliphatic carbocycles. The first kappa shape index (κ1) is 17.8. The Morgan fingerprint density at radius 3 is 2.19 bits per heavy atom. The standard InChI is InChI=1S/C20H28O6/c1-12(18(22)25-10-16-5-17(21)24-9-16)19(23)26-11-20-6-13-2-14(7-20)4-15(3-13)8-20/h12-16H,2-11H2,1H3. The van der Waals surface area contributed by atoms with Crippen molar-refractivity contribution in [3.05, 3.63) is 0 Å². The van der Waals surface area contributed by atoms with Crippen molar-refractivity contribution in [3.63, 3.8) is 0 Å². The normalized spacial score (nSPS) is 38.7. The average molecular weight is 364 g/mol. The molecule has 0 amide bonds. The largest absolute Gasteiger partial charge is 0.465 e. The fraction of sp³-hybridized carbons (Fsp3) is 0.850. The molecule has 4 saturated carbocycles. The Balaban J connectivity index is 1.24. The molecule has 0 aromatic heterocycles. The summed E-state index contributed by atoms with van der Waals surface area (Å²) >= 11 is 0. The minimum atomic E-state index is -0.929. The monoisotopic (exact) mass is 364 g/mol. The van der Waals surface area contributed by atoms with Crippen molar-refractivity contribution in [1.29, 1.82) is 0 Å². The molecule has 1 saturated heterocycles. The zero-order valence-electron chi connectivity index (χ0n) is 15.4. The summed E-state index contributed by atoms with van der Waals surface area (Å²) in [7, 11) is 0. The predicted molar refractivity (Wildman–Crippen MR) is 90.8 cm³/mol. The fourth-order valence-electron chi connectivity index (χ4n) is 5.91. The highest BCUT2D eigenvalue weighted by Crippen LogP contribution is 2.60. The van der Waals surface area contributed by atoms with Crippen LogP contribution in [0.4, 0.5) is 0 Å². The Kier molecular flexibility index (Phi) is 4.70. The number of hydrogen-bond acceptors (Lipinski definition) is 6. The first-order valence-corrected chi connectivity index (χ1v) is 9.91. The van der Waals surface area contributed by atoms with Crippen molar-refractivity contribution >= 4 is 17.9 Å².